The second-order valence-electron chi connectivity index (χ2n) is 7.80. The van der Waals surface area contributed by atoms with E-state index in [1.165, 1.54) is 17.0 Å². The second-order valence-corrected chi connectivity index (χ2v) is 7.80. The molecule has 0 saturated carbocycles. The van der Waals surface area contributed by atoms with Gasteiger partial charge >= 0.3 is 12.6 Å². The van der Waals surface area contributed by atoms with Gasteiger partial charge in [0.05, 0.1) is 7.05 Å². The minimum Gasteiger partial charge on any atom is -0.435 e. The third kappa shape index (κ3) is 5.33. The van der Waals surface area contributed by atoms with Crippen LogP contribution in [0.25, 0.3) is 0 Å². The summed E-state index contributed by atoms with van der Waals surface area (Å²) in [7, 11) is 1.94. The Morgan fingerprint density at radius 3 is 2.37 bits per heavy atom. The Labute approximate surface area is 174 Å². The molecule has 8 heteroatoms. The van der Waals surface area contributed by atoms with E-state index in [0.717, 1.165) is 16.0 Å². The van der Waals surface area contributed by atoms with Gasteiger partial charge in [-0.25, -0.2) is 9.69 Å². The van der Waals surface area contributed by atoms with E-state index in [1.54, 1.807) is 19.1 Å². The number of carbonyl (C=O) groups is 2. The van der Waals surface area contributed by atoms with E-state index in [4.69, 9.17) is 0 Å². The maximum atomic E-state index is 12.9. The zero-order chi connectivity index (χ0) is 21.7. The molecule has 2 atom stereocenters. The lowest BCUT2D eigenvalue weighted by atomic mass is 9.93. The molecule has 0 radical (unpaired) electrons. The first kappa shape index (κ1) is 21.7. The van der Waals surface area contributed by atoms with Crippen LogP contribution >= 0.6 is 0 Å². The summed E-state index contributed by atoms with van der Waals surface area (Å²) in [6, 6.07) is 15.8. The van der Waals surface area contributed by atoms with Gasteiger partial charge in [-0.3, -0.25) is 4.79 Å². The number of hydrogen-bond donors (Lipinski definition) is 2. The van der Waals surface area contributed by atoms with Gasteiger partial charge < -0.3 is 15.0 Å². The summed E-state index contributed by atoms with van der Waals surface area (Å²) >= 11 is 0. The number of rotatable bonds is 9. The summed E-state index contributed by atoms with van der Waals surface area (Å²) in [6.45, 7) is -0.181. The van der Waals surface area contributed by atoms with Crippen LogP contribution < -0.4 is 15.0 Å². The topological polar surface area (TPSA) is 63.1 Å². The highest BCUT2D eigenvalue weighted by atomic mass is 19.3. The van der Waals surface area contributed by atoms with Gasteiger partial charge in [-0.2, -0.15) is 8.78 Å². The van der Waals surface area contributed by atoms with Crippen LogP contribution in [0.15, 0.2) is 54.6 Å². The molecule has 1 unspecified atom stereocenters. The molecule has 2 aromatic carbocycles. The van der Waals surface area contributed by atoms with E-state index >= 15 is 0 Å². The average molecular weight is 418 g/mol. The lowest BCUT2D eigenvalue weighted by Crippen LogP contribution is -3.09. The van der Waals surface area contributed by atoms with E-state index in [1.807, 2.05) is 37.4 Å². The van der Waals surface area contributed by atoms with Crippen molar-refractivity contribution < 1.29 is 28.0 Å². The van der Waals surface area contributed by atoms with Gasteiger partial charge in [0.25, 0.3) is 5.91 Å². The van der Waals surface area contributed by atoms with Gasteiger partial charge in [0.2, 0.25) is 0 Å². The van der Waals surface area contributed by atoms with Crippen LogP contribution in [-0.4, -0.2) is 42.7 Å². The van der Waals surface area contributed by atoms with Crippen molar-refractivity contribution in [1.29, 1.82) is 0 Å². The molecule has 1 aliphatic rings. The highest BCUT2D eigenvalue weighted by Gasteiger charge is 2.48. The molecule has 1 saturated heterocycles. The fraction of sp³-hybridized carbons (Fsp3) is 0.364. The number of ether oxygens (including phenoxy) is 1. The lowest BCUT2D eigenvalue weighted by molar-refractivity contribution is -0.901. The first-order chi connectivity index (χ1) is 14.3. The molecule has 2 aromatic rings. The van der Waals surface area contributed by atoms with Crippen molar-refractivity contribution in [3.05, 3.63) is 65.7 Å². The van der Waals surface area contributed by atoms with Gasteiger partial charge in [-0.1, -0.05) is 42.5 Å². The zero-order valence-corrected chi connectivity index (χ0v) is 17.0. The second kappa shape index (κ2) is 9.21. The van der Waals surface area contributed by atoms with Crippen LogP contribution in [0.5, 0.6) is 5.75 Å². The quantitative estimate of drug-likeness (QED) is 0.614. The highest BCUT2D eigenvalue weighted by Crippen LogP contribution is 2.23. The molecule has 0 spiro atoms. The summed E-state index contributed by atoms with van der Waals surface area (Å²) in [6.07, 6.45) is 0.916. The lowest BCUT2D eigenvalue weighted by Gasteiger charge is -2.23. The summed E-state index contributed by atoms with van der Waals surface area (Å²) in [5.41, 5.74) is 0.997. The van der Waals surface area contributed by atoms with E-state index < -0.39 is 18.2 Å². The molecule has 0 bridgehead atoms. The van der Waals surface area contributed by atoms with Gasteiger partial charge in [0, 0.05) is 5.56 Å². The molecule has 160 valence electrons. The monoisotopic (exact) mass is 418 g/mol. The Morgan fingerprint density at radius 1 is 1.07 bits per heavy atom. The Bertz CT molecular complexity index is 877. The summed E-state index contributed by atoms with van der Waals surface area (Å²) in [4.78, 5) is 27.7. The number of carbonyl (C=O) groups excluding carboxylic acids is 2. The number of alkyl halides is 2. The van der Waals surface area contributed by atoms with Crippen molar-refractivity contribution in [2.24, 2.45) is 0 Å². The molecule has 0 aliphatic carbocycles. The largest absolute Gasteiger partial charge is 0.435 e. The van der Waals surface area contributed by atoms with E-state index in [9.17, 15) is 18.4 Å². The molecule has 1 aliphatic heterocycles. The number of imide groups is 1. The fourth-order valence-electron chi connectivity index (χ4n) is 3.56. The number of hydrogen-bond acceptors (Lipinski definition) is 3. The number of halogens is 2. The summed E-state index contributed by atoms with van der Waals surface area (Å²) in [5.74, 6) is -0.168. The van der Waals surface area contributed by atoms with E-state index in [0.29, 0.717) is 19.4 Å². The van der Waals surface area contributed by atoms with Crippen LogP contribution in [0, 0.1) is 0 Å². The molecule has 3 rings (SSSR count). The number of amides is 3. The standard InChI is InChI=1S/C22H25F2N3O3/c1-22(13-12-16-8-10-18(11-9-16)30-20(23)24)19(28)27(21(29)25-22)15-26(2)14-17-6-4-3-5-7-17/h3-11,20H,12-15H2,1-2H3,(H,25,29)/p+1/t22-/m1/s1. The summed E-state index contributed by atoms with van der Waals surface area (Å²) in [5, 5.41) is 2.81. The molecule has 2 N–H and O–H groups in total. The van der Waals surface area contributed by atoms with Crippen molar-refractivity contribution in [1.82, 2.24) is 10.2 Å². The maximum absolute atomic E-state index is 12.9. The number of urea groups is 1. The smallest absolute Gasteiger partial charge is 0.387 e. The predicted octanol–water partition coefficient (Wildman–Crippen LogP) is 2.20. The van der Waals surface area contributed by atoms with Crippen LogP contribution in [-0.2, 0) is 17.8 Å². The number of benzene rings is 2. The molecule has 0 aromatic heterocycles. The third-order valence-corrected chi connectivity index (χ3v) is 5.18. The van der Waals surface area contributed by atoms with Crippen molar-refractivity contribution in [2.45, 2.75) is 38.5 Å². The molecular weight excluding hydrogens is 392 g/mol. The summed E-state index contributed by atoms with van der Waals surface area (Å²) < 4.78 is 28.8. The van der Waals surface area contributed by atoms with Crippen molar-refractivity contribution >= 4 is 11.9 Å². The molecule has 3 amide bonds. The minimum atomic E-state index is -2.87. The van der Waals surface area contributed by atoms with Gasteiger partial charge in [-0.15, -0.1) is 0 Å². The number of aryl methyl sites for hydroxylation is 1. The Hall–Kier alpha value is -3.00. The van der Waals surface area contributed by atoms with Crippen LogP contribution in [0.4, 0.5) is 13.6 Å². The Balaban J connectivity index is 1.57. The zero-order valence-electron chi connectivity index (χ0n) is 17.0. The van der Waals surface area contributed by atoms with Crippen molar-refractivity contribution in [2.75, 3.05) is 13.7 Å². The first-order valence-corrected chi connectivity index (χ1v) is 9.80. The van der Waals surface area contributed by atoms with E-state index in [2.05, 4.69) is 10.1 Å². The predicted molar refractivity (Wildman–Crippen MR) is 107 cm³/mol. The third-order valence-electron chi connectivity index (χ3n) is 5.18. The van der Waals surface area contributed by atoms with Crippen molar-refractivity contribution in [3.8, 4) is 5.75 Å². The SMILES string of the molecule is C[NH+](Cc1ccccc1)CN1C(=O)N[C@](C)(CCc2ccc(OC(F)F)cc2)C1=O. The normalized spacial score (nSPS) is 19.8. The van der Waals surface area contributed by atoms with Crippen LogP contribution in [0.3, 0.4) is 0 Å². The highest BCUT2D eigenvalue weighted by molar-refractivity contribution is 6.06. The minimum absolute atomic E-state index is 0.0841. The van der Waals surface area contributed by atoms with Gasteiger partial charge in [-0.05, 0) is 37.5 Å². The molecule has 1 fully saturated rings. The maximum Gasteiger partial charge on any atom is 0.387 e. The molecule has 1 heterocycles. The van der Waals surface area contributed by atoms with Gasteiger partial charge in [0.15, 0.2) is 6.67 Å². The van der Waals surface area contributed by atoms with Crippen LogP contribution in [0.1, 0.15) is 24.5 Å². The van der Waals surface area contributed by atoms with Crippen LogP contribution in [0.2, 0.25) is 0 Å². The average Bonchev–Trinajstić information content (AvgIpc) is 2.91. The molecular formula is C22H26F2N3O3+. The fourth-order valence-corrected chi connectivity index (χ4v) is 3.56. The number of nitrogens with one attached hydrogen (secondary N) is 2. The Kier molecular flexibility index (Phi) is 6.66. The van der Waals surface area contributed by atoms with E-state index in [-0.39, 0.29) is 18.3 Å². The van der Waals surface area contributed by atoms with Crippen molar-refractivity contribution in [3.63, 3.8) is 0 Å². The van der Waals surface area contributed by atoms with Gasteiger partial charge in [0.1, 0.15) is 17.8 Å². The first-order valence-electron chi connectivity index (χ1n) is 9.80. The number of quaternary nitrogens is 1. The molecule has 6 nitrogen and oxygen atoms in total. The number of nitrogens with zero attached hydrogens (tertiary/aromatic N) is 1. The Morgan fingerprint density at radius 2 is 1.73 bits per heavy atom. The molecule has 30 heavy (non-hydrogen) atoms.